The fourth-order valence-electron chi connectivity index (χ4n) is 2.89. The van der Waals surface area contributed by atoms with E-state index in [-0.39, 0.29) is 10.7 Å². The Hall–Kier alpha value is -2.32. The molecule has 0 saturated carbocycles. The average Bonchev–Trinajstić information content (AvgIpc) is 3.19. The number of hydrogen-bond acceptors (Lipinski definition) is 5. The Kier molecular flexibility index (Phi) is 5.63. The van der Waals surface area contributed by atoms with Gasteiger partial charge in [0.1, 0.15) is 5.75 Å². The summed E-state index contributed by atoms with van der Waals surface area (Å²) >= 11 is 0. The van der Waals surface area contributed by atoms with Gasteiger partial charge in [-0.15, -0.1) is 0 Å². The van der Waals surface area contributed by atoms with Crippen LogP contribution in [-0.2, 0) is 10.0 Å². The van der Waals surface area contributed by atoms with Crippen LogP contribution in [0.4, 0.5) is 5.69 Å². The Bertz CT molecular complexity index is 856. The zero-order valence-corrected chi connectivity index (χ0v) is 15.4. The Morgan fingerprint density at radius 3 is 2.65 bits per heavy atom. The molecule has 0 bridgehead atoms. The van der Waals surface area contributed by atoms with Crippen molar-refractivity contribution in [3.05, 3.63) is 42.4 Å². The van der Waals surface area contributed by atoms with Gasteiger partial charge in [-0.2, -0.15) is 4.31 Å². The van der Waals surface area contributed by atoms with E-state index in [1.54, 1.807) is 12.1 Å². The van der Waals surface area contributed by atoms with Gasteiger partial charge in [-0.25, -0.2) is 8.42 Å². The van der Waals surface area contributed by atoms with Crippen molar-refractivity contribution in [2.75, 3.05) is 25.0 Å². The van der Waals surface area contributed by atoms with Crippen molar-refractivity contribution in [3.8, 4) is 5.75 Å². The number of carbonyl (C=O) groups is 1. The second kappa shape index (κ2) is 7.92. The van der Waals surface area contributed by atoms with Crippen LogP contribution in [0.15, 0.2) is 45.9 Å². The van der Waals surface area contributed by atoms with E-state index in [0.717, 1.165) is 19.3 Å². The highest BCUT2D eigenvalue weighted by atomic mass is 32.2. The lowest BCUT2D eigenvalue weighted by Gasteiger charge is -2.26. The van der Waals surface area contributed by atoms with Crippen LogP contribution in [0.1, 0.15) is 36.7 Å². The van der Waals surface area contributed by atoms with E-state index >= 15 is 0 Å². The van der Waals surface area contributed by atoms with E-state index in [2.05, 4.69) is 5.32 Å². The van der Waals surface area contributed by atoms with E-state index in [4.69, 9.17) is 9.15 Å². The molecule has 26 heavy (non-hydrogen) atoms. The molecule has 3 rings (SSSR count). The van der Waals surface area contributed by atoms with Gasteiger partial charge in [0.15, 0.2) is 5.76 Å². The van der Waals surface area contributed by atoms with Crippen LogP contribution in [0.2, 0.25) is 0 Å². The minimum atomic E-state index is -3.60. The minimum Gasteiger partial charge on any atom is -0.492 e. The van der Waals surface area contributed by atoms with Gasteiger partial charge in [0.2, 0.25) is 10.0 Å². The number of piperidine rings is 1. The van der Waals surface area contributed by atoms with Gasteiger partial charge in [0.05, 0.1) is 23.5 Å². The predicted octanol–water partition coefficient (Wildman–Crippen LogP) is 3.11. The number of ether oxygens (including phenoxy) is 1. The highest BCUT2D eigenvalue weighted by molar-refractivity contribution is 7.89. The van der Waals surface area contributed by atoms with Gasteiger partial charge in [-0.3, -0.25) is 4.79 Å². The van der Waals surface area contributed by atoms with Crippen molar-refractivity contribution in [2.24, 2.45) is 0 Å². The average molecular weight is 378 g/mol. The molecule has 2 heterocycles. The maximum atomic E-state index is 12.9. The normalized spacial score (nSPS) is 15.6. The number of nitrogens with zero attached hydrogens (tertiary/aromatic N) is 1. The number of hydrogen-bond donors (Lipinski definition) is 1. The number of rotatable bonds is 6. The SMILES string of the molecule is CCOc1ccc(S(=O)(=O)N2CCCCC2)cc1NC(=O)c1ccco1. The van der Waals surface area contributed by atoms with E-state index in [9.17, 15) is 13.2 Å². The van der Waals surface area contributed by atoms with Crippen LogP contribution in [0.5, 0.6) is 5.75 Å². The van der Waals surface area contributed by atoms with Crippen LogP contribution < -0.4 is 10.1 Å². The van der Waals surface area contributed by atoms with Gasteiger partial charge in [0.25, 0.3) is 5.91 Å². The highest BCUT2D eigenvalue weighted by Crippen LogP contribution is 2.30. The van der Waals surface area contributed by atoms with Gasteiger partial charge in [-0.05, 0) is 50.1 Å². The third-order valence-electron chi connectivity index (χ3n) is 4.20. The third kappa shape index (κ3) is 3.91. The summed E-state index contributed by atoms with van der Waals surface area (Å²) in [6, 6.07) is 7.66. The topological polar surface area (TPSA) is 88.9 Å². The molecular formula is C18H22N2O5S. The molecule has 1 fully saturated rings. The first kappa shape index (κ1) is 18.5. The molecule has 1 aliphatic rings. The summed E-state index contributed by atoms with van der Waals surface area (Å²) in [4.78, 5) is 12.4. The molecule has 0 spiro atoms. The van der Waals surface area contributed by atoms with Crippen molar-refractivity contribution >= 4 is 21.6 Å². The molecule has 1 aromatic heterocycles. The lowest BCUT2D eigenvalue weighted by atomic mass is 10.2. The molecule has 2 aromatic rings. The van der Waals surface area contributed by atoms with Gasteiger partial charge in [-0.1, -0.05) is 6.42 Å². The first-order valence-corrected chi connectivity index (χ1v) is 10.1. The molecule has 0 atom stereocenters. The zero-order valence-electron chi connectivity index (χ0n) is 14.6. The summed E-state index contributed by atoms with van der Waals surface area (Å²) in [6.45, 7) is 3.24. The van der Waals surface area contributed by atoms with Gasteiger partial charge < -0.3 is 14.5 Å². The van der Waals surface area contributed by atoms with Crippen LogP contribution in [0.3, 0.4) is 0 Å². The van der Waals surface area contributed by atoms with Crippen molar-refractivity contribution in [2.45, 2.75) is 31.1 Å². The maximum absolute atomic E-state index is 12.9. The lowest BCUT2D eigenvalue weighted by molar-refractivity contribution is 0.0996. The zero-order chi connectivity index (χ0) is 18.6. The molecule has 1 amide bonds. The number of anilines is 1. The first-order valence-electron chi connectivity index (χ1n) is 8.64. The van der Waals surface area contributed by atoms with Crippen molar-refractivity contribution < 1.29 is 22.4 Å². The fraction of sp³-hybridized carbons (Fsp3) is 0.389. The molecule has 0 unspecified atom stereocenters. The maximum Gasteiger partial charge on any atom is 0.291 e. The van der Waals surface area contributed by atoms with Crippen molar-refractivity contribution in [1.82, 2.24) is 4.31 Å². The molecule has 1 N–H and O–H groups in total. The summed E-state index contributed by atoms with van der Waals surface area (Å²) in [5, 5.41) is 2.67. The number of sulfonamides is 1. The monoisotopic (exact) mass is 378 g/mol. The second-order valence-electron chi connectivity index (χ2n) is 5.99. The Balaban J connectivity index is 1.91. The predicted molar refractivity (Wildman–Crippen MR) is 96.9 cm³/mol. The first-order chi connectivity index (χ1) is 12.5. The standard InChI is InChI=1S/C18H22N2O5S/c1-2-24-16-9-8-14(26(22,23)20-10-4-3-5-11-20)13-15(16)19-18(21)17-7-6-12-25-17/h6-9,12-13H,2-5,10-11H2,1H3,(H,19,21). The van der Waals surface area contributed by atoms with E-state index in [0.29, 0.717) is 31.1 Å². The van der Waals surface area contributed by atoms with Gasteiger partial charge in [0, 0.05) is 13.1 Å². The van der Waals surface area contributed by atoms with Crippen LogP contribution in [0.25, 0.3) is 0 Å². The molecular weight excluding hydrogens is 356 g/mol. The van der Waals surface area contributed by atoms with Gasteiger partial charge >= 0.3 is 0 Å². The van der Waals surface area contributed by atoms with Crippen LogP contribution in [0, 0.1) is 0 Å². The Morgan fingerprint density at radius 1 is 1.23 bits per heavy atom. The smallest absolute Gasteiger partial charge is 0.291 e. The molecule has 0 aliphatic carbocycles. The fourth-order valence-corrected chi connectivity index (χ4v) is 4.44. The Morgan fingerprint density at radius 2 is 2.00 bits per heavy atom. The summed E-state index contributed by atoms with van der Waals surface area (Å²) in [6.07, 6.45) is 4.16. The summed E-state index contributed by atoms with van der Waals surface area (Å²) in [5.41, 5.74) is 0.298. The lowest BCUT2D eigenvalue weighted by Crippen LogP contribution is -2.35. The Labute approximate surface area is 153 Å². The molecule has 1 saturated heterocycles. The summed E-state index contributed by atoms with van der Waals surface area (Å²) < 4.78 is 37.8. The quantitative estimate of drug-likeness (QED) is 0.834. The summed E-state index contributed by atoms with van der Waals surface area (Å²) in [7, 11) is -3.60. The second-order valence-corrected chi connectivity index (χ2v) is 7.93. The van der Waals surface area contributed by atoms with Crippen LogP contribution >= 0.6 is 0 Å². The van der Waals surface area contributed by atoms with E-state index in [1.807, 2.05) is 6.92 Å². The van der Waals surface area contributed by atoms with Crippen LogP contribution in [-0.4, -0.2) is 38.3 Å². The summed E-state index contributed by atoms with van der Waals surface area (Å²) in [5.74, 6) is 0.0743. The molecule has 8 heteroatoms. The number of amides is 1. The number of carbonyl (C=O) groups excluding carboxylic acids is 1. The van der Waals surface area contributed by atoms with Crippen molar-refractivity contribution in [1.29, 1.82) is 0 Å². The number of benzene rings is 1. The van der Waals surface area contributed by atoms with E-state index in [1.165, 1.54) is 28.8 Å². The number of furan rings is 1. The third-order valence-corrected chi connectivity index (χ3v) is 6.09. The van der Waals surface area contributed by atoms with Crippen molar-refractivity contribution in [3.63, 3.8) is 0 Å². The molecule has 1 aromatic carbocycles. The molecule has 1 aliphatic heterocycles. The number of nitrogens with one attached hydrogen (secondary N) is 1. The highest BCUT2D eigenvalue weighted by Gasteiger charge is 2.27. The minimum absolute atomic E-state index is 0.136. The molecule has 0 radical (unpaired) electrons. The molecule has 140 valence electrons. The van der Waals surface area contributed by atoms with E-state index < -0.39 is 15.9 Å². The molecule has 7 nitrogen and oxygen atoms in total. The largest absolute Gasteiger partial charge is 0.492 e.